The monoisotopic (exact) mass is 368 g/mol. The Bertz CT molecular complexity index is 574. The minimum absolute atomic E-state index is 0. The molecule has 140 valence electrons. The Balaban J connectivity index is 0.00000312. The summed E-state index contributed by atoms with van der Waals surface area (Å²) in [5, 5.41) is 5.82. The van der Waals surface area contributed by atoms with Gasteiger partial charge in [0.1, 0.15) is 0 Å². The first-order chi connectivity index (χ1) is 11.5. The van der Waals surface area contributed by atoms with Gasteiger partial charge in [-0.15, -0.1) is 12.4 Å². The maximum Gasteiger partial charge on any atom is 0.321 e. The van der Waals surface area contributed by atoms with Crippen molar-refractivity contribution >= 4 is 30.0 Å². The van der Waals surface area contributed by atoms with E-state index < -0.39 is 0 Å². The van der Waals surface area contributed by atoms with Crippen LogP contribution in [0.2, 0.25) is 0 Å². The van der Waals surface area contributed by atoms with Crippen molar-refractivity contribution in [2.24, 2.45) is 11.7 Å². The van der Waals surface area contributed by atoms with Gasteiger partial charge in [0.2, 0.25) is 0 Å². The average molecular weight is 369 g/mol. The lowest BCUT2D eigenvalue weighted by molar-refractivity contribution is 0.0915. The van der Waals surface area contributed by atoms with Crippen molar-refractivity contribution in [3.63, 3.8) is 0 Å². The average Bonchev–Trinajstić information content (AvgIpc) is 2.60. The lowest BCUT2D eigenvalue weighted by atomic mass is 9.84. The molecule has 25 heavy (non-hydrogen) atoms. The number of amides is 3. The van der Waals surface area contributed by atoms with E-state index >= 15 is 0 Å². The molecule has 7 heteroatoms. The van der Waals surface area contributed by atoms with E-state index in [4.69, 9.17) is 5.73 Å². The predicted molar refractivity (Wildman–Crippen MR) is 103 cm³/mol. The second-order valence-electron chi connectivity index (χ2n) is 6.62. The fraction of sp³-hybridized carbons (Fsp3) is 0.556. The molecule has 4 N–H and O–H groups in total. The Morgan fingerprint density at radius 1 is 1.24 bits per heavy atom. The summed E-state index contributed by atoms with van der Waals surface area (Å²) in [5.41, 5.74) is 7.01. The number of urea groups is 1. The van der Waals surface area contributed by atoms with Crippen molar-refractivity contribution in [1.82, 2.24) is 10.2 Å². The van der Waals surface area contributed by atoms with E-state index in [1.54, 1.807) is 38.4 Å². The molecule has 6 nitrogen and oxygen atoms in total. The van der Waals surface area contributed by atoms with Crippen molar-refractivity contribution in [3.8, 4) is 0 Å². The van der Waals surface area contributed by atoms with Crippen LogP contribution in [0.5, 0.6) is 0 Å². The van der Waals surface area contributed by atoms with Crippen LogP contribution in [0.15, 0.2) is 24.3 Å². The summed E-state index contributed by atoms with van der Waals surface area (Å²) in [6, 6.07) is 6.74. The lowest BCUT2D eigenvalue weighted by Crippen LogP contribution is -2.45. The molecule has 1 aliphatic carbocycles. The normalized spacial score (nSPS) is 15.6. The van der Waals surface area contributed by atoms with E-state index in [-0.39, 0.29) is 30.4 Å². The molecule has 2 rings (SSSR count). The molecule has 1 aliphatic rings. The summed E-state index contributed by atoms with van der Waals surface area (Å²) in [6.07, 6.45) is 5.95. The van der Waals surface area contributed by atoms with E-state index in [2.05, 4.69) is 10.6 Å². The number of nitrogens with two attached hydrogens (primary N) is 1. The number of carbonyl (C=O) groups is 2. The first-order valence-corrected chi connectivity index (χ1v) is 8.60. The maximum absolute atomic E-state index is 12.5. The summed E-state index contributed by atoms with van der Waals surface area (Å²) in [5.74, 6) is 0.321. The van der Waals surface area contributed by atoms with Crippen LogP contribution in [0.3, 0.4) is 0 Å². The second kappa shape index (κ2) is 10.3. The number of hydrogen-bond donors (Lipinski definition) is 3. The van der Waals surface area contributed by atoms with E-state index in [9.17, 15) is 9.59 Å². The summed E-state index contributed by atoms with van der Waals surface area (Å²) in [4.78, 5) is 25.7. The van der Waals surface area contributed by atoms with Crippen molar-refractivity contribution in [1.29, 1.82) is 0 Å². The van der Waals surface area contributed by atoms with Crippen LogP contribution in [0.1, 0.15) is 42.5 Å². The number of nitrogens with one attached hydrogen (secondary N) is 2. The standard InChI is InChI=1S/C18H28N4O2.ClH/c1-22(2)18(24)20-15-10-6-9-14(11-15)17(23)21-16(12-19)13-7-4-3-5-8-13;/h6,9-11,13,16H,3-5,7-8,12,19H2,1-2H3,(H,20,24)(H,21,23);1H. The zero-order valence-corrected chi connectivity index (χ0v) is 15.8. The molecule has 1 aromatic carbocycles. The fourth-order valence-electron chi connectivity index (χ4n) is 3.13. The van der Waals surface area contributed by atoms with Crippen molar-refractivity contribution in [2.75, 3.05) is 26.0 Å². The van der Waals surface area contributed by atoms with Crippen LogP contribution < -0.4 is 16.4 Å². The quantitative estimate of drug-likeness (QED) is 0.746. The molecule has 1 unspecified atom stereocenters. The van der Waals surface area contributed by atoms with Gasteiger partial charge in [-0.2, -0.15) is 0 Å². The molecular formula is C18H29ClN4O2. The van der Waals surface area contributed by atoms with Crippen LogP contribution in [0.25, 0.3) is 0 Å². The lowest BCUT2D eigenvalue weighted by Gasteiger charge is -2.30. The Kier molecular flexibility index (Phi) is 8.72. The number of anilines is 1. The minimum atomic E-state index is -0.227. The first-order valence-electron chi connectivity index (χ1n) is 8.60. The minimum Gasteiger partial charge on any atom is -0.348 e. The molecule has 1 saturated carbocycles. The Morgan fingerprint density at radius 2 is 1.92 bits per heavy atom. The molecule has 0 heterocycles. The Morgan fingerprint density at radius 3 is 2.52 bits per heavy atom. The third-order valence-corrected chi connectivity index (χ3v) is 4.57. The highest BCUT2D eigenvalue weighted by Crippen LogP contribution is 2.26. The number of nitrogens with zero attached hydrogens (tertiary/aromatic N) is 1. The highest BCUT2D eigenvalue weighted by Gasteiger charge is 2.24. The van der Waals surface area contributed by atoms with Gasteiger partial charge in [0.05, 0.1) is 0 Å². The summed E-state index contributed by atoms with van der Waals surface area (Å²) < 4.78 is 0. The zero-order valence-electron chi connectivity index (χ0n) is 15.0. The van der Waals surface area contributed by atoms with Gasteiger partial charge in [0.25, 0.3) is 5.91 Å². The SMILES string of the molecule is CN(C)C(=O)Nc1cccc(C(=O)NC(CN)C2CCCCC2)c1.Cl. The molecule has 0 aromatic heterocycles. The number of hydrogen-bond acceptors (Lipinski definition) is 3. The molecule has 0 bridgehead atoms. The van der Waals surface area contributed by atoms with Gasteiger partial charge in [-0.25, -0.2) is 4.79 Å². The van der Waals surface area contributed by atoms with Gasteiger partial charge < -0.3 is 21.3 Å². The highest BCUT2D eigenvalue weighted by molar-refractivity contribution is 5.97. The van der Waals surface area contributed by atoms with Gasteiger partial charge in [-0.3, -0.25) is 4.79 Å². The largest absolute Gasteiger partial charge is 0.348 e. The maximum atomic E-state index is 12.5. The number of benzene rings is 1. The van der Waals surface area contributed by atoms with E-state index in [0.717, 1.165) is 12.8 Å². The summed E-state index contributed by atoms with van der Waals surface area (Å²) in [6.45, 7) is 0.452. The van der Waals surface area contributed by atoms with Gasteiger partial charge in [-0.05, 0) is 37.0 Å². The van der Waals surface area contributed by atoms with E-state index in [1.165, 1.54) is 24.2 Å². The first kappa shape index (κ1) is 21.3. The summed E-state index contributed by atoms with van der Waals surface area (Å²) in [7, 11) is 3.34. The highest BCUT2D eigenvalue weighted by atomic mass is 35.5. The van der Waals surface area contributed by atoms with Gasteiger partial charge in [0.15, 0.2) is 0 Å². The Hall–Kier alpha value is -1.79. The number of rotatable bonds is 5. The topological polar surface area (TPSA) is 87.5 Å². The number of carbonyl (C=O) groups excluding carboxylic acids is 2. The Labute approximate surface area is 155 Å². The van der Waals surface area contributed by atoms with Gasteiger partial charge >= 0.3 is 6.03 Å². The van der Waals surface area contributed by atoms with Crippen LogP contribution in [-0.2, 0) is 0 Å². The predicted octanol–water partition coefficient (Wildman–Crippen LogP) is 2.84. The molecule has 0 spiro atoms. The molecule has 0 saturated heterocycles. The van der Waals surface area contributed by atoms with Gasteiger partial charge in [-0.1, -0.05) is 25.3 Å². The van der Waals surface area contributed by atoms with Crippen LogP contribution in [0, 0.1) is 5.92 Å². The molecule has 1 atom stereocenters. The summed E-state index contributed by atoms with van der Waals surface area (Å²) >= 11 is 0. The van der Waals surface area contributed by atoms with Crippen molar-refractivity contribution in [2.45, 2.75) is 38.1 Å². The smallest absolute Gasteiger partial charge is 0.321 e. The van der Waals surface area contributed by atoms with Crippen LogP contribution in [-0.4, -0.2) is 43.5 Å². The van der Waals surface area contributed by atoms with E-state index in [0.29, 0.717) is 23.7 Å². The molecule has 0 radical (unpaired) electrons. The molecule has 0 aliphatic heterocycles. The van der Waals surface area contributed by atoms with Gasteiger partial charge in [0, 0.05) is 37.9 Å². The van der Waals surface area contributed by atoms with Crippen molar-refractivity contribution < 1.29 is 9.59 Å². The zero-order chi connectivity index (χ0) is 17.5. The molecule has 1 fully saturated rings. The van der Waals surface area contributed by atoms with Crippen LogP contribution in [0.4, 0.5) is 10.5 Å². The molecule has 3 amide bonds. The molecular weight excluding hydrogens is 340 g/mol. The number of halogens is 1. The third-order valence-electron chi connectivity index (χ3n) is 4.57. The third kappa shape index (κ3) is 6.21. The van der Waals surface area contributed by atoms with E-state index in [1.807, 2.05) is 0 Å². The molecule has 1 aromatic rings. The fourth-order valence-corrected chi connectivity index (χ4v) is 3.13. The van der Waals surface area contributed by atoms with Crippen molar-refractivity contribution in [3.05, 3.63) is 29.8 Å². The van der Waals surface area contributed by atoms with Crippen LogP contribution >= 0.6 is 12.4 Å². The second-order valence-corrected chi connectivity index (χ2v) is 6.62.